The lowest BCUT2D eigenvalue weighted by Gasteiger charge is -2.50. The summed E-state index contributed by atoms with van der Waals surface area (Å²) in [5.74, 6) is -7.01. The van der Waals surface area contributed by atoms with Gasteiger partial charge >= 0.3 is 0 Å². The number of hydrogen-bond acceptors (Lipinski definition) is 10. The Morgan fingerprint density at radius 3 is 2.33 bits per heavy atom. The number of benzene rings is 2. The van der Waals surface area contributed by atoms with Gasteiger partial charge in [0.2, 0.25) is 11.7 Å². The number of fused-ring (bicyclic) bond motifs is 3. The van der Waals surface area contributed by atoms with Gasteiger partial charge < -0.3 is 31.5 Å². The molecule has 12 heteroatoms. The number of aliphatic hydroxyl groups is 3. The Morgan fingerprint density at radius 2 is 1.70 bits per heavy atom. The second-order valence-electron chi connectivity index (χ2n) is 12.9. The number of likely N-dealkylation sites (N-methyl/N-ethyl adjacent to an activating group) is 1. The molecule has 12 nitrogen and oxygen atoms in total. The van der Waals surface area contributed by atoms with Gasteiger partial charge in [0.25, 0.3) is 5.91 Å². The molecule has 242 valence electrons. The number of nitrogens with two attached hydrogens (primary N) is 1. The van der Waals surface area contributed by atoms with E-state index < -0.39 is 58.0 Å². The Morgan fingerprint density at radius 1 is 1.02 bits per heavy atom. The van der Waals surface area contributed by atoms with Crippen LogP contribution in [0.5, 0.6) is 5.75 Å². The molecular weight excluding hydrogens is 592 g/mol. The number of aromatic hydroxyl groups is 1. The SMILES string of the molecule is CN(C)C1C(O)=C(C(N)=O)C(=O)C2(O)C(O)=C3C(=O)c4c(O)ccc(-c5ccc(NC(=O)CN6CCCCC6)cc5)c4CC3CC12. The van der Waals surface area contributed by atoms with Gasteiger partial charge in [0.15, 0.2) is 11.4 Å². The molecule has 2 aromatic rings. The van der Waals surface area contributed by atoms with Crippen LogP contribution >= 0.6 is 0 Å². The van der Waals surface area contributed by atoms with Gasteiger partial charge in [0.1, 0.15) is 22.8 Å². The first kappa shape index (κ1) is 31.5. The summed E-state index contributed by atoms with van der Waals surface area (Å²) in [6.45, 7) is 2.14. The summed E-state index contributed by atoms with van der Waals surface area (Å²) in [5.41, 5.74) is 4.14. The molecule has 0 aromatic heterocycles. The number of carbonyl (C=O) groups is 4. The number of likely N-dealkylation sites (tertiary alicyclic amines) is 1. The molecule has 4 unspecified atom stereocenters. The van der Waals surface area contributed by atoms with E-state index in [0.29, 0.717) is 23.4 Å². The minimum Gasteiger partial charge on any atom is -0.510 e. The molecule has 4 aliphatic rings. The van der Waals surface area contributed by atoms with Gasteiger partial charge in [-0.15, -0.1) is 0 Å². The molecule has 1 fully saturated rings. The number of aliphatic hydroxyl groups excluding tert-OH is 2. The zero-order valence-electron chi connectivity index (χ0n) is 25.7. The fraction of sp³-hybridized carbons (Fsp3) is 0.412. The van der Waals surface area contributed by atoms with Crippen molar-refractivity contribution in [2.45, 2.75) is 43.7 Å². The lowest BCUT2D eigenvalue weighted by Crippen LogP contribution is -2.63. The average Bonchev–Trinajstić information content (AvgIpc) is 3.00. The van der Waals surface area contributed by atoms with E-state index in [1.807, 2.05) is 12.1 Å². The predicted molar refractivity (Wildman–Crippen MR) is 168 cm³/mol. The number of phenols is 1. The van der Waals surface area contributed by atoms with Crippen molar-refractivity contribution in [3.05, 3.63) is 70.2 Å². The highest BCUT2D eigenvalue weighted by Crippen LogP contribution is 2.53. The molecule has 0 bridgehead atoms. The van der Waals surface area contributed by atoms with Gasteiger partial charge in [0.05, 0.1) is 18.2 Å². The quantitative estimate of drug-likeness (QED) is 0.258. The number of hydrogen-bond donors (Lipinski definition) is 6. The minimum absolute atomic E-state index is 0.00282. The number of nitrogens with one attached hydrogen (secondary N) is 1. The lowest BCUT2D eigenvalue weighted by atomic mass is 9.58. The van der Waals surface area contributed by atoms with Crippen LogP contribution in [0.15, 0.2) is 59.1 Å². The van der Waals surface area contributed by atoms with E-state index in [2.05, 4.69) is 10.2 Å². The van der Waals surface area contributed by atoms with Gasteiger partial charge in [-0.2, -0.15) is 0 Å². The highest BCUT2D eigenvalue weighted by Gasteiger charge is 2.63. The molecule has 1 heterocycles. The van der Waals surface area contributed by atoms with E-state index in [9.17, 15) is 39.6 Å². The predicted octanol–water partition coefficient (Wildman–Crippen LogP) is 2.21. The maximum atomic E-state index is 14.0. The van der Waals surface area contributed by atoms with E-state index in [1.54, 1.807) is 32.3 Å². The number of primary amides is 1. The molecule has 3 aliphatic carbocycles. The summed E-state index contributed by atoms with van der Waals surface area (Å²) in [5, 5.41) is 48.0. The Kier molecular flexibility index (Phi) is 7.99. The zero-order chi connectivity index (χ0) is 33.1. The van der Waals surface area contributed by atoms with Crippen LogP contribution in [0.4, 0.5) is 5.69 Å². The van der Waals surface area contributed by atoms with Crippen molar-refractivity contribution < 1.29 is 39.6 Å². The van der Waals surface area contributed by atoms with Crippen LogP contribution in [0.25, 0.3) is 11.1 Å². The minimum atomic E-state index is -2.69. The summed E-state index contributed by atoms with van der Waals surface area (Å²) in [6.07, 6.45) is 3.54. The average molecular weight is 631 g/mol. The van der Waals surface area contributed by atoms with Gasteiger partial charge in [-0.1, -0.05) is 24.6 Å². The number of carbonyl (C=O) groups excluding carboxylic acids is 4. The third-order valence-electron chi connectivity index (χ3n) is 9.90. The monoisotopic (exact) mass is 630 g/mol. The van der Waals surface area contributed by atoms with Gasteiger partial charge in [0, 0.05) is 17.2 Å². The van der Waals surface area contributed by atoms with Crippen molar-refractivity contribution in [3.63, 3.8) is 0 Å². The van der Waals surface area contributed by atoms with Gasteiger partial charge in [-0.25, -0.2) is 0 Å². The van der Waals surface area contributed by atoms with E-state index in [4.69, 9.17) is 5.73 Å². The van der Waals surface area contributed by atoms with Crippen molar-refractivity contribution in [1.82, 2.24) is 9.80 Å². The smallest absolute Gasteiger partial charge is 0.255 e. The molecule has 4 atom stereocenters. The first-order chi connectivity index (χ1) is 21.8. The standard InChI is InChI=1S/C34H38N4O8/c1-37(2)28-22-15-18-14-21-20(17-6-8-19(9-7-17)36-24(40)16-38-12-4-3-5-13-38)10-11-23(39)26(21)29(41)25(18)31(43)34(22,46)32(44)27(30(28)42)33(35)45/h6-11,18,22,28,39,42-43,46H,3-5,12-16H2,1-2H3,(H2,35,45)(H,36,40). The Balaban J connectivity index is 1.34. The number of amides is 2. The van der Waals surface area contributed by atoms with E-state index in [-0.39, 0.29) is 35.6 Å². The number of ketones is 2. The second-order valence-corrected chi connectivity index (χ2v) is 12.9. The van der Waals surface area contributed by atoms with Crippen LogP contribution in [-0.4, -0.2) is 99.0 Å². The number of nitrogens with zero attached hydrogens (tertiary/aromatic N) is 2. The maximum absolute atomic E-state index is 14.0. The van der Waals surface area contributed by atoms with Crippen LogP contribution in [0.3, 0.4) is 0 Å². The topological polar surface area (TPSA) is 194 Å². The van der Waals surface area contributed by atoms with Gasteiger partial charge in [-0.3, -0.25) is 29.0 Å². The molecule has 2 aromatic carbocycles. The number of rotatable bonds is 6. The van der Waals surface area contributed by atoms with Crippen molar-refractivity contribution in [1.29, 1.82) is 0 Å². The van der Waals surface area contributed by atoms with Crippen molar-refractivity contribution in [2.75, 3.05) is 39.0 Å². The molecule has 1 saturated heterocycles. The number of Topliss-reactive ketones (excluding diaryl/α,β-unsaturated/α-hetero) is 2. The van der Waals surface area contributed by atoms with E-state index in [1.165, 1.54) is 17.4 Å². The summed E-state index contributed by atoms with van der Waals surface area (Å²) in [4.78, 5) is 55.9. The van der Waals surface area contributed by atoms with Crippen LogP contribution in [0.2, 0.25) is 0 Å². The summed E-state index contributed by atoms with van der Waals surface area (Å²) in [7, 11) is 3.17. The van der Waals surface area contributed by atoms with Crippen LogP contribution in [0, 0.1) is 11.8 Å². The zero-order valence-corrected chi connectivity index (χ0v) is 25.7. The molecule has 46 heavy (non-hydrogen) atoms. The molecule has 7 N–H and O–H groups in total. The summed E-state index contributed by atoms with van der Waals surface area (Å²) in [6, 6.07) is 9.17. The normalized spacial score (nSPS) is 26.5. The van der Waals surface area contributed by atoms with E-state index >= 15 is 0 Å². The Hall–Kier alpha value is -4.52. The summed E-state index contributed by atoms with van der Waals surface area (Å²) >= 11 is 0. The van der Waals surface area contributed by atoms with E-state index in [0.717, 1.165) is 31.5 Å². The molecule has 1 aliphatic heterocycles. The molecular formula is C34H38N4O8. The van der Waals surface area contributed by atoms with Crippen molar-refractivity contribution in [3.8, 4) is 16.9 Å². The third kappa shape index (κ3) is 4.97. The van der Waals surface area contributed by atoms with Crippen molar-refractivity contribution in [2.24, 2.45) is 17.6 Å². The maximum Gasteiger partial charge on any atom is 0.255 e. The van der Waals surface area contributed by atoms with Gasteiger partial charge in [-0.05, 0) is 93.7 Å². The Labute approximate surface area is 265 Å². The number of piperidine rings is 1. The first-order valence-corrected chi connectivity index (χ1v) is 15.5. The first-order valence-electron chi connectivity index (χ1n) is 15.5. The fourth-order valence-corrected chi connectivity index (χ4v) is 7.78. The third-order valence-corrected chi connectivity index (χ3v) is 9.90. The van der Waals surface area contributed by atoms with Crippen LogP contribution in [-0.2, 0) is 20.8 Å². The molecule has 0 saturated carbocycles. The highest BCUT2D eigenvalue weighted by atomic mass is 16.3. The Bertz CT molecular complexity index is 1710. The fourth-order valence-electron chi connectivity index (χ4n) is 7.78. The number of phenolic OH excluding ortho intramolecular Hbond substituents is 1. The lowest BCUT2D eigenvalue weighted by molar-refractivity contribution is -0.148. The molecule has 0 spiro atoms. The number of allylic oxidation sites excluding steroid dienone is 1. The molecule has 2 amide bonds. The second kappa shape index (κ2) is 11.7. The molecule has 0 radical (unpaired) electrons. The van der Waals surface area contributed by atoms with Crippen molar-refractivity contribution >= 4 is 29.1 Å². The van der Waals surface area contributed by atoms with Crippen LogP contribution in [0.1, 0.15) is 41.6 Å². The summed E-state index contributed by atoms with van der Waals surface area (Å²) < 4.78 is 0. The highest BCUT2D eigenvalue weighted by molar-refractivity contribution is 6.25. The largest absolute Gasteiger partial charge is 0.510 e. The number of anilines is 1. The molecule has 6 rings (SSSR count). The van der Waals surface area contributed by atoms with Crippen LogP contribution < -0.4 is 11.1 Å².